The quantitative estimate of drug-likeness (QED) is 0.603. The summed E-state index contributed by atoms with van der Waals surface area (Å²) in [6, 6.07) is 0. The summed E-state index contributed by atoms with van der Waals surface area (Å²) in [6.07, 6.45) is 12.1. The number of ketones is 2. The largest absolute Gasteiger partial charge is 0.299 e. The monoisotopic (exact) mass is 326 g/mol. The molecule has 0 saturated heterocycles. The summed E-state index contributed by atoms with van der Waals surface area (Å²) in [5.74, 6) is 4.10. The van der Waals surface area contributed by atoms with E-state index in [2.05, 4.69) is 19.9 Å². The highest BCUT2D eigenvalue weighted by Gasteiger charge is 2.65. The molecule has 0 spiro atoms. The maximum Gasteiger partial charge on any atom is 0.142 e. The van der Waals surface area contributed by atoms with E-state index < -0.39 is 0 Å². The Kier molecular flexibility index (Phi) is 3.09. The van der Waals surface area contributed by atoms with Gasteiger partial charge in [-0.25, -0.2) is 0 Å². The molecule has 0 amide bonds. The second-order valence-corrected chi connectivity index (χ2v) is 9.92. The molecule has 2 heteroatoms. The minimum atomic E-state index is -0.0386. The molecule has 7 atom stereocenters. The number of carbonyl (C=O) groups excluding carboxylic acids is 2. The molecule has 0 unspecified atom stereocenters. The molecule has 0 bridgehead atoms. The Hall–Kier alpha value is -0.920. The van der Waals surface area contributed by atoms with E-state index in [1.54, 1.807) is 0 Å². The lowest BCUT2D eigenvalue weighted by Crippen LogP contribution is -2.51. The highest BCUT2D eigenvalue weighted by atomic mass is 16.1. The Labute approximate surface area is 145 Å². The fourth-order valence-electron chi connectivity index (χ4n) is 7.98. The van der Waals surface area contributed by atoms with Crippen LogP contribution in [0.4, 0.5) is 0 Å². The van der Waals surface area contributed by atoms with Crippen molar-refractivity contribution in [3.63, 3.8) is 0 Å². The third kappa shape index (κ3) is 1.73. The van der Waals surface area contributed by atoms with Crippen molar-refractivity contribution in [1.29, 1.82) is 0 Å². The molecule has 5 rings (SSSR count). The SMILES string of the molecule is C[C@]12CCC(=O)CC1=CC[C@H]1[C@@H]3[C@H]4CCC[C@H]4C(=O)[C@@]3(C)CC[C@@H]12. The average molecular weight is 326 g/mol. The molecule has 0 aromatic rings. The van der Waals surface area contributed by atoms with Gasteiger partial charge in [0.15, 0.2) is 0 Å². The van der Waals surface area contributed by atoms with Crippen molar-refractivity contribution >= 4 is 11.6 Å². The molecule has 5 aliphatic rings. The van der Waals surface area contributed by atoms with Gasteiger partial charge >= 0.3 is 0 Å². The Balaban J connectivity index is 1.56. The van der Waals surface area contributed by atoms with E-state index in [0.717, 1.165) is 32.1 Å². The van der Waals surface area contributed by atoms with Crippen LogP contribution in [0, 0.1) is 40.4 Å². The van der Waals surface area contributed by atoms with E-state index in [9.17, 15) is 9.59 Å². The summed E-state index contributed by atoms with van der Waals surface area (Å²) in [5.41, 5.74) is 1.64. The smallest absolute Gasteiger partial charge is 0.142 e. The highest BCUT2D eigenvalue weighted by Crippen LogP contribution is 2.68. The third-order valence-corrected chi connectivity index (χ3v) is 9.12. The molecule has 0 aromatic heterocycles. The average Bonchev–Trinajstić information content (AvgIpc) is 3.10. The van der Waals surface area contributed by atoms with Gasteiger partial charge < -0.3 is 0 Å². The third-order valence-electron chi connectivity index (χ3n) is 9.12. The van der Waals surface area contributed by atoms with Crippen molar-refractivity contribution in [3.05, 3.63) is 11.6 Å². The Morgan fingerprint density at radius 3 is 2.67 bits per heavy atom. The number of allylic oxidation sites excluding steroid dienone is 2. The molecule has 0 heterocycles. The van der Waals surface area contributed by atoms with E-state index in [4.69, 9.17) is 0 Å². The van der Waals surface area contributed by atoms with E-state index >= 15 is 0 Å². The number of hydrogen-bond donors (Lipinski definition) is 0. The Morgan fingerprint density at radius 1 is 1.00 bits per heavy atom. The van der Waals surface area contributed by atoms with Crippen LogP contribution < -0.4 is 0 Å². The molecule has 4 fully saturated rings. The molecule has 130 valence electrons. The molecule has 0 N–H and O–H groups in total. The summed E-state index contributed by atoms with van der Waals surface area (Å²) in [7, 11) is 0. The van der Waals surface area contributed by atoms with Crippen LogP contribution in [0.3, 0.4) is 0 Å². The normalized spacial score (nSPS) is 53.1. The first-order valence-electron chi connectivity index (χ1n) is 10.2. The maximum absolute atomic E-state index is 13.2. The molecule has 0 aliphatic heterocycles. The Morgan fingerprint density at radius 2 is 1.83 bits per heavy atom. The molecular weight excluding hydrogens is 296 g/mol. The zero-order valence-electron chi connectivity index (χ0n) is 15.1. The first-order valence-corrected chi connectivity index (χ1v) is 10.2. The highest BCUT2D eigenvalue weighted by molar-refractivity contribution is 5.90. The van der Waals surface area contributed by atoms with Gasteiger partial charge in [0.2, 0.25) is 0 Å². The van der Waals surface area contributed by atoms with Crippen LogP contribution in [-0.4, -0.2) is 11.6 Å². The van der Waals surface area contributed by atoms with E-state index in [-0.39, 0.29) is 10.8 Å². The second kappa shape index (κ2) is 4.83. The van der Waals surface area contributed by atoms with Gasteiger partial charge in [-0.05, 0) is 67.6 Å². The van der Waals surface area contributed by atoms with E-state index in [0.29, 0.717) is 47.6 Å². The summed E-state index contributed by atoms with van der Waals surface area (Å²) < 4.78 is 0. The lowest BCUT2D eigenvalue weighted by molar-refractivity contribution is -0.134. The van der Waals surface area contributed by atoms with Gasteiger partial charge in [-0.15, -0.1) is 0 Å². The minimum absolute atomic E-state index is 0.0386. The predicted octanol–water partition coefficient (Wildman–Crippen LogP) is 4.72. The van der Waals surface area contributed by atoms with Gasteiger partial charge in [0.25, 0.3) is 0 Å². The number of rotatable bonds is 0. The van der Waals surface area contributed by atoms with Crippen molar-refractivity contribution in [2.24, 2.45) is 40.4 Å². The zero-order chi connectivity index (χ0) is 16.7. The van der Waals surface area contributed by atoms with Crippen molar-refractivity contribution in [2.45, 2.75) is 71.6 Å². The molecule has 2 nitrogen and oxygen atoms in total. The Bertz CT molecular complexity index is 646. The summed E-state index contributed by atoms with van der Waals surface area (Å²) in [6.45, 7) is 4.74. The van der Waals surface area contributed by atoms with Crippen LogP contribution >= 0.6 is 0 Å². The van der Waals surface area contributed by atoms with E-state index in [1.165, 1.54) is 24.8 Å². The van der Waals surface area contributed by atoms with Crippen molar-refractivity contribution in [1.82, 2.24) is 0 Å². The standard InChI is InChI=1S/C22H30O2/c1-21-10-8-14(23)12-13(21)6-7-17-18(21)9-11-22(2)19(17)15-4-3-5-16(15)20(22)24/h6,15-19H,3-5,7-12H2,1-2H3/t15-,16+,17+,18-,19-,21-,22-/m0/s1. The van der Waals surface area contributed by atoms with Crippen LogP contribution in [0.2, 0.25) is 0 Å². The van der Waals surface area contributed by atoms with Crippen LogP contribution in [0.15, 0.2) is 11.6 Å². The van der Waals surface area contributed by atoms with Gasteiger partial charge in [0.1, 0.15) is 11.6 Å². The predicted molar refractivity (Wildman–Crippen MR) is 93.3 cm³/mol. The number of Topliss-reactive ketones (excluding diaryl/α,β-unsaturated/α-hetero) is 2. The van der Waals surface area contributed by atoms with Crippen molar-refractivity contribution in [2.75, 3.05) is 0 Å². The van der Waals surface area contributed by atoms with Crippen molar-refractivity contribution in [3.8, 4) is 0 Å². The number of carbonyl (C=O) groups is 2. The molecule has 5 aliphatic carbocycles. The second-order valence-electron chi connectivity index (χ2n) is 9.92. The molecular formula is C22H30O2. The fraction of sp³-hybridized carbons (Fsp3) is 0.818. The maximum atomic E-state index is 13.2. The summed E-state index contributed by atoms with van der Waals surface area (Å²) in [4.78, 5) is 25.1. The summed E-state index contributed by atoms with van der Waals surface area (Å²) >= 11 is 0. The molecule has 0 radical (unpaired) electrons. The molecule has 4 saturated carbocycles. The number of hydrogen-bond acceptors (Lipinski definition) is 2. The first kappa shape index (κ1) is 15.3. The van der Waals surface area contributed by atoms with Crippen LogP contribution in [0.5, 0.6) is 0 Å². The van der Waals surface area contributed by atoms with Gasteiger partial charge in [-0.1, -0.05) is 31.9 Å². The van der Waals surface area contributed by atoms with Crippen molar-refractivity contribution < 1.29 is 9.59 Å². The lowest BCUT2D eigenvalue weighted by Gasteiger charge is -2.57. The molecule has 0 aromatic carbocycles. The lowest BCUT2D eigenvalue weighted by atomic mass is 9.47. The van der Waals surface area contributed by atoms with E-state index in [1.807, 2.05) is 0 Å². The fourth-order valence-corrected chi connectivity index (χ4v) is 7.98. The zero-order valence-corrected chi connectivity index (χ0v) is 15.1. The topological polar surface area (TPSA) is 34.1 Å². The van der Waals surface area contributed by atoms with Gasteiger partial charge in [-0.3, -0.25) is 9.59 Å². The van der Waals surface area contributed by atoms with Gasteiger partial charge in [0, 0.05) is 24.2 Å². The molecule has 24 heavy (non-hydrogen) atoms. The van der Waals surface area contributed by atoms with Gasteiger partial charge in [0.05, 0.1) is 0 Å². The minimum Gasteiger partial charge on any atom is -0.299 e. The van der Waals surface area contributed by atoms with Crippen LogP contribution in [0.25, 0.3) is 0 Å². The number of fused-ring (bicyclic) bond motifs is 7. The van der Waals surface area contributed by atoms with Crippen LogP contribution in [0.1, 0.15) is 71.6 Å². The van der Waals surface area contributed by atoms with Gasteiger partial charge in [-0.2, -0.15) is 0 Å². The van der Waals surface area contributed by atoms with Crippen LogP contribution in [-0.2, 0) is 9.59 Å². The first-order chi connectivity index (χ1) is 11.4. The summed E-state index contributed by atoms with van der Waals surface area (Å²) in [5, 5.41) is 0.